The fourth-order valence-corrected chi connectivity index (χ4v) is 4.91. The fourth-order valence-electron chi connectivity index (χ4n) is 4.91. The quantitative estimate of drug-likeness (QED) is 0.657. The van der Waals surface area contributed by atoms with Crippen molar-refractivity contribution in [3.05, 3.63) is 54.1 Å². The van der Waals surface area contributed by atoms with Gasteiger partial charge in [-0.3, -0.25) is 14.4 Å². The highest BCUT2D eigenvalue weighted by molar-refractivity contribution is 6.39. The van der Waals surface area contributed by atoms with Crippen LogP contribution in [0.3, 0.4) is 0 Å². The second-order valence-electron chi connectivity index (χ2n) is 8.91. The van der Waals surface area contributed by atoms with Crippen molar-refractivity contribution in [1.82, 2.24) is 5.32 Å². The van der Waals surface area contributed by atoms with Crippen LogP contribution in [0.15, 0.2) is 48.5 Å². The first-order chi connectivity index (χ1) is 16.0. The number of rotatable bonds is 6. The molecule has 0 spiro atoms. The van der Waals surface area contributed by atoms with Gasteiger partial charge >= 0.3 is 11.8 Å². The fraction of sp³-hybridized carbons (Fsp3) is 0.423. The number of benzene rings is 2. The lowest BCUT2D eigenvalue weighted by atomic mass is 9.78. The van der Waals surface area contributed by atoms with Crippen LogP contribution < -0.4 is 20.3 Å². The van der Waals surface area contributed by atoms with Crippen LogP contribution in [-0.2, 0) is 19.8 Å². The van der Waals surface area contributed by atoms with Gasteiger partial charge in [0.2, 0.25) is 5.91 Å². The third-order valence-electron chi connectivity index (χ3n) is 6.80. The molecule has 0 radical (unpaired) electrons. The van der Waals surface area contributed by atoms with Crippen molar-refractivity contribution in [3.63, 3.8) is 0 Å². The number of methoxy groups -OCH3 is 1. The van der Waals surface area contributed by atoms with Crippen LogP contribution in [0.4, 0.5) is 11.4 Å². The number of hydrogen-bond acceptors (Lipinski definition) is 4. The van der Waals surface area contributed by atoms with E-state index in [1.54, 1.807) is 30.2 Å². The smallest absolute Gasteiger partial charge is 0.313 e. The van der Waals surface area contributed by atoms with Crippen LogP contribution in [0.5, 0.6) is 5.75 Å². The molecule has 3 amide bonds. The zero-order valence-corrected chi connectivity index (χ0v) is 19.1. The highest BCUT2D eigenvalue weighted by Crippen LogP contribution is 2.41. The van der Waals surface area contributed by atoms with E-state index in [4.69, 9.17) is 4.74 Å². The molecule has 33 heavy (non-hydrogen) atoms. The molecule has 7 heteroatoms. The first-order valence-corrected chi connectivity index (χ1v) is 11.6. The predicted octanol–water partition coefficient (Wildman–Crippen LogP) is 3.78. The van der Waals surface area contributed by atoms with E-state index >= 15 is 0 Å². The van der Waals surface area contributed by atoms with Gasteiger partial charge in [0.1, 0.15) is 5.75 Å². The number of carbonyl (C=O) groups is 3. The Morgan fingerprint density at radius 2 is 1.76 bits per heavy atom. The van der Waals surface area contributed by atoms with E-state index < -0.39 is 11.8 Å². The van der Waals surface area contributed by atoms with Crippen molar-refractivity contribution >= 4 is 29.1 Å². The maximum atomic E-state index is 12.6. The van der Waals surface area contributed by atoms with Crippen molar-refractivity contribution < 1.29 is 19.1 Å². The first-order valence-electron chi connectivity index (χ1n) is 11.6. The Hall–Kier alpha value is -3.35. The van der Waals surface area contributed by atoms with Crippen molar-refractivity contribution in [2.75, 3.05) is 30.4 Å². The Kier molecular flexibility index (Phi) is 6.96. The van der Waals surface area contributed by atoms with Crippen LogP contribution in [0.25, 0.3) is 0 Å². The lowest BCUT2D eigenvalue weighted by Gasteiger charge is -2.30. The normalized spacial score (nSPS) is 17.5. The molecule has 1 saturated heterocycles. The Balaban J connectivity index is 1.38. The molecule has 2 aromatic rings. The third kappa shape index (κ3) is 5.18. The zero-order chi connectivity index (χ0) is 23.3. The van der Waals surface area contributed by atoms with Gasteiger partial charge in [-0.05, 0) is 61.6 Å². The van der Waals surface area contributed by atoms with Gasteiger partial charge < -0.3 is 20.3 Å². The molecule has 2 fully saturated rings. The molecule has 1 saturated carbocycles. The van der Waals surface area contributed by atoms with Gasteiger partial charge in [0.25, 0.3) is 0 Å². The largest absolute Gasteiger partial charge is 0.497 e. The molecule has 0 atom stereocenters. The molecule has 2 aromatic carbocycles. The minimum atomic E-state index is -0.708. The second-order valence-corrected chi connectivity index (χ2v) is 8.91. The van der Waals surface area contributed by atoms with Crippen LogP contribution >= 0.6 is 0 Å². The van der Waals surface area contributed by atoms with Crippen molar-refractivity contribution in [2.24, 2.45) is 0 Å². The van der Waals surface area contributed by atoms with Crippen molar-refractivity contribution in [2.45, 2.75) is 50.4 Å². The van der Waals surface area contributed by atoms with Crippen LogP contribution in [0.1, 0.15) is 50.5 Å². The Bertz CT molecular complexity index is 1010. The number of amides is 3. The molecule has 2 aliphatic rings. The summed E-state index contributed by atoms with van der Waals surface area (Å²) in [6.07, 6.45) is 6.52. The number of nitrogens with zero attached hydrogens (tertiary/aromatic N) is 1. The Morgan fingerprint density at radius 3 is 2.45 bits per heavy atom. The molecule has 2 N–H and O–H groups in total. The topological polar surface area (TPSA) is 87.7 Å². The van der Waals surface area contributed by atoms with Crippen LogP contribution in [0.2, 0.25) is 0 Å². The lowest BCUT2D eigenvalue weighted by Crippen LogP contribution is -2.43. The van der Waals surface area contributed by atoms with E-state index in [0.29, 0.717) is 25.2 Å². The number of piperidine rings is 1. The predicted molar refractivity (Wildman–Crippen MR) is 127 cm³/mol. The summed E-state index contributed by atoms with van der Waals surface area (Å²) in [5.74, 6) is -0.485. The van der Waals surface area contributed by atoms with Crippen molar-refractivity contribution in [1.29, 1.82) is 0 Å². The van der Waals surface area contributed by atoms with Crippen LogP contribution in [0, 0.1) is 0 Å². The van der Waals surface area contributed by atoms with E-state index in [1.807, 2.05) is 30.3 Å². The van der Waals surface area contributed by atoms with Gasteiger partial charge in [-0.25, -0.2) is 0 Å². The molecule has 1 aliphatic heterocycles. The molecule has 0 aromatic heterocycles. The molecule has 0 bridgehead atoms. The van der Waals surface area contributed by atoms with Gasteiger partial charge in [-0.15, -0.1) is 0 Å². The summed E-state index contributed by atoms with van der Waals surface area (Å²) in [6.45, 7) is 1.08. The minimum Gasteiger partial charge on any atom is -0.497 e. The van der Waals surface area contributed by atoms with Gasteiger partial charge in [0.05, 0.1) is 7.11 Å². The first kappa shape index (κ1) is 22.8. The standard InChI is InChI=1S/C26H31N3O4/c1-33-22-12-10-19(11-13-22)26(14-3-4-15-26)18-27-24(31)25(32)28-20-7-6-8-21(17-20)29-16-5-2-9-23(29)30/h6-8,10-13,17H,2-5,9,14-16,18H2,1H3,(H,27,31)(H,28,32). The summed E-state index contributed by atoms with van der Waals surface area (Å²) in [4.78, 5) is 39.1. The maximum absolute atomic E-state index is 12.6. The molecule has 0 unspecified atom stereocenters. The highest BCUT2D eigenvalue weighted by atomic mass is 16.5. The zero-order valence-electron chi connectivity index (χ0n) is 19.1. The minimum absolute atomic E-state index is 0.0860. The number of carbonyl (C=O) groups excluding carboxylic acids is 3. The van der Waals surface area contributed by atoms with Gasteiger partial charge in [-0.2, -0.15) is 0 Å². The van der Waals surface area contributed by atoms with E-state index in [1.165, 1.54) is 0 Å². The number of hydrogen-bond donors (Lipinski definition) is 2. The Labute approximate surface area is 194 Å². The van der Waals surface area contributed by atoms with Gasteiger partial charge in [0, 0.05) is 36.3 Å². The summed E-state index contributed by atoms with van der Waals surface area (Å²) in [5.41, 5.74) is 2.22. The van der Waals surface area contributed by atoms with E-state index in [-0.39, 0.29) is 11.3 Å². The summed E-state index contributed by atoms with van der Waals surface area (Å²) >= 11 is 0. The highest BCUT2D eigenvalue weighted by Gasteiger charge is 2.36. The molecule has 1 aliphatic carbocycles. The van der Waals surface area contributed by atoms with E-state index in [2.05, 4.69) is 10.6 Å². The number of anilines is 2. The molecule has 174 valence electrons. The summed E-state index contributed by atoms with van der Waals surface area (Å²) in [5, 5.41) is 5.52. The Morgan fingerprint density at radius 1 is 1.00 bits per heavy atom. The van der Waals surface area contributed by atoms with Crippen LogP contribution in [-0.4, -0.2) is 37.9 Å². The SMILES string of the molecule is COc1ccc(C2(CNC(=O)C(=O)Nc3cccc(N4CCCCC4=O)c3)CCCC2)cc1. The molecule has 1 heterocycles. The summed E-state index contributed by atoms with van der Waals surface area (Å²) in [6, 6.07) is 15.0. The number of ether oxygens (including phenoxy) is 1. The summed E-state index contributed by atoms with van der Waals surface area (Å²) in [7, 11) is 1.64. The molecular weight excluding hydrogens is 418 g/mol. The van der Waals surface area contributed by atoms with Gasteiger partial charge in [0.15, 0.2) is 0 Å². The van der Waals surface area contributed by atoms with E-state index in [0.717, 1.165) is 55.5 Å². The van der Waals surface area contributed by atoms with Gasteiger partial charge in [-0.1, -0.05) is 31.0 Å². The number of nitrogens with one attached hydrogen (secondary N) is 2. The second kappa shape index (κ2) is 10.1. The summed E-state index contributed by atoms with van der Waals surface area (Å²) < 4.78 is 5.26. The monoisotopic (exact) mass is 449 g/mol. The molecule has 7 nitrogen and oxygen atoms in total. The lowest BCUT2D eigenvalue weighted by molar-refractivity contribution is -0.136. The molecule has 4 rings (SSSR count). The molecular formula is C26H31N3O4. The van der Waals surface area contributed by atoms with Crippen molar-refractivity contribution in [3.8, 4) is 5.75 Å². The maximum Gasteiger partial charge on any atom is 0.313 e. The third-order valence-corrected chi connectivity index (χ3v) is 6.80. The average molecular weight is 450 g/mol. The average Bonchev–Trinajstić information content (AvgIpc) is 3.33. The van der Waals surface area contributed by atoms with E-state index in [9.17, 15) is 14.4 Å².